The fourth-order valence-electron chi connectivity index (χ4n) is 4.01. The molecule has 4 rings (SSSR count). The Labute approximate surface area is 193 Å². The molecule has 168 valence electrons. The van der Waals surface area contributed by atoms with E-state index in [0.717, 1.165) is 46.7 Å². The summed E-state index contributed by atoms with van der Waals surface area (Å²) in [7, 11) is 0. The highest BCUT2D eigenvalue weighted by molar-refractivity contribution is 7.99. The van der Waals surface area contributed by atoms with Crippen molar-refractivity contribution < 1.29 is 4.79 Å². The Hall–Kier alpha value is -2.87. The monoisotopic (exact) mass is 450 g/mol. The summed E-state index contributed by atoms with van der Waals surface area (Å²) >= 11 is 1.40. The highest BCUT2D eigenvalue weighted by Gasteiger charge is 2.17. The number of benzene rings is 1. The number of piperidine rings is 1. The Morgan fingerprint density at radius 2 is 1.91 bits per heavy atom. The molecule has 1 aliphatic rings. The van der Waals surface area contributed by atoms with Crippen LogP contribution in [0.4, 0.5) is 5.82 Å². The van der Waals surface area contributed by atoms with Gasteiger partial charge in [-0.1, -0.05) is 30.0 Å². The Morgan fingerprint density at radius 1 is 1.09 bits per heavy atom. The number of nitrogens with one attached hydrogen (secondary N) is 1. The maximum Gasteiger partial charge on any atom is 0.230 e. The summed E-state index contributed by atoms with van der Waals surface area (Å²) in [6.45, 7) is 8.61. The molecule has 1 saturated heterocycles. The Morgan fingerprint density at radius 3 is 2.72 bits per heavy atom. The van der Waals surface area contributed by atoms with Gasteiger partial charge >= 0.3 is 0 Å². The molecule has 3 heterocycles. The van der Waals surface area contributed by atoms with Crippen LogP contribution in [0.3, 0.4) is 0 Å². The van der Waals surface area contributed by atoms with E-state index in [2.05, 4.69) is 57.4 Å². The van der Waals surface area contributed by atoms with Gasteiger partial charge in [-0.05, 0) is 63.3 Å². The fourth-order valence-corrected chi connectivity index (χ4v) is 4.83. The maximum absolute atomic E-state index is 12.6. The zero-order valence-corrected chi connectivity index (χ0v) is 19.8. The first-order chi connectivity index (χ1) is 15.5. The molecule has 8 heteroatoms. The zero-order chi connectivity index (χ0) is 22.5. The number of carbonyl (C=O) groups is 1. The van der Waals surface area contributed by atoms with Gasteiger partial charge in [-0.2, -0.15) is 0 Å². The molecule has 2 aromatic heterocycles. The second-order valence-electron chi connectivity index (χ2n) is 8.25. The van der Waals surface area contributed by atoms with E-state index in [1.165, 1.54) is 36.6 Å². The van der Waals surface area contributed by atoms with Gasteiger partial charge in [0.2, 0.25) is 5.91 Å². The number of rotatable bonds is 7. The molecule has 7 nitrogen and oxygen atoms in total. The second kappa shape index (κ2) is 10.2. The first-order valence-corrected chi connectivity index (χ1v) is 12.1. The van der Waals surface area contributed by atoms with Crippen molar-refractivity contribution in [1.82, 2.24) is 25.1 Å². The Balaban J connectivity index is 1.39. The summed E-state index contributed by atoms with van der Waals surface area (Å²) in [4.78, 5) is 19.5. The average molecular weight is 451 g/mol. The lowest BCUT2D eigenvalue weighted by Gasteiger charge is -2.29. The van der Waals surface area contributed by atoms with Gasteiger partial charge in [-0.15, -0.1) is 10.2 Å². The van der Waals surface area contributed by atoms with E-state index in [4.69, 9.17) is 0 Å². The van der Waals surface area contributed by atoms with Crippen molar-refractivity contribution in [3.63, 3.8) is 0 Å². The molecule has 0 spiro atoms. The molecule has 32 heavy (non-hydrogen) atoms. The van der Waals surface area contributed by atoms with Crippen molar-refractivity contribution in [1.29, 1.82) is 0 Å². The molecular formula is C24H30N6OS. The third-order valence-corrected chi connectivity index (χ3v) is 6.66. The van der Waals surface area contributed by atoms with E-state index in [0.29, 0.717) is 6.54 Å². The number of amides is 1. The fraction of sp³-hybridized carbons (Fsp3) is 0.417. The molecule has 1 fully saturated rings. The molecule has 1 amide bonds. The number of aryl methyl sites for hydroxylation is 3. The minimum atomic E-state index is -0.0309. The first kappa shape index (κ1) is 22.3. The van der Waals surface area contributed by atoms with Crippen LogP contribution >= 0.6 is 11.8 Å². The lowest BCUT2D eigenvalue weighted by molar-refractivity contribution is -0.118. The highest BCUT2D eigenvalue weighted by Crippen LogP contribution is 2.25. The van der Waals surface area contributed by atoms with Crippen LogP contribution < -0.4 is 10.2 Å². The van der Waals surface area contributed by atoms with Crippen molar-refractivity contribution in [2.24, 2.45) is 0 Å². The van der Waals surface area contributed by atoms with Crippen LogP contribution in [0.25, 0.3) is 5.69 Å². The van der Waals surface area contributed by atoms with Crippen molar-refractivity contribution in [3.05, 3.63) is 59.0 Å². The van der Waals surface area contributed by atoms with Gasteiger partial charge in [-0.25, -0.2) is 4.98 Å². The number of thioether (sulfide) groups is 1. The third-order valence-electron chi connectivity index (χ3n) is 5.73. The van der Waals surface area contributed by atoms with Gasteiger partial charge in [0.25, 0.3) is 0 Å². The minimum Gasteiger partial charge on any atom is -0.356 e. The van der Waals surface area contributed by atoms with Crippen LogP contribution in [0.1, 0.15) is 41.8 Å². The summed E-state index contributed by atoms with van der Waals surface area (Å²) in [5.41, 5.74) is 4.43. The van der Waals surface area contributed by atoms with E-state index in [9.17, 15) is 4.79 Å². The van der Waals surface area contributed by atoms with Crippen LogP contribution in [0.15, 0.2) is 41.7 Å². The molecule has 1 aromatic carbocycles. The number of hydrogen-bond acceptors (Lipinski definition) is 6. The van der Waals surface area contributed by atoms with Gasteiger partial charge < -0.3 is 10.2 Å². The molecule has 1 aliphatic heterocycles. The predicted molar refractivity (Wildman–Crippen MR) is 128 cm³/mol. The smallest absolute Gasteiger partial charge is 0.230 e. The quantitative estimate of drug-likeness (QED) is 0.549. The van der Waals surface area contributed by atoms with E-state index in [1.54, 1.807) is 0 Å². The van der Waals surface area contributed by atoms with Gasteiger partial charge in [-0.3, -0.25) is 9.36 Å². The van der Waals surface area contributed by atoms with Crippen LogP contribution in [-0.2, 0) is 11.3 Å². The van der Waals surface area contributed by atoms with Crippen LogP contribution in [0.2, 0.25) is 0 Å². The van der Waals surface area contributed by atoms with Crippen molar-refractivity contribution in [3.8, 4) is 5.69 Å². The maximum atomic E-state index is 12.6. The molecule has 0 unspecified atom stereocenters. The Bertz CT molecular complexity index is 1090. The van der Waals surface area contributed by atoms with Crippen LogP contribution in [0, 0.1) is 20.8 Å². The van der Waals surface area contributed by atoms with E-state index >= 15 is 0 Å². The topological polar surface area (TPSA) is 75.9 Å². The summed E-state index contributed by atoms with van der Waals surface area (Å²) in [5.74, 6) is 2.05. The standard InChI is InChI=1S/C24H30N6OS/c1-17-9-10-18(2)21(14-17)30-19(3)27-28-24(30)32-16-22(31)26-15-20-8-7-11-25-23(20)29-12-5-4-6-13-29/h7-11,14H,4-6,12-13,15-16H2,1-3H3,(H,26,31). The van der Waals surface area contributed by atoms with E-state index < -0.39 is 0 Å². The number of nitrogens with zero attached hydrogens (tertiary/aromatic N) is 5. The molecule has 0 radical (unpaired) electrons. The third kappa shape index (κ3) is 5.12. The number of pyridine rings is 1. The predicted octanol–water partition coefficient (Wildman–Crippen LogP) is 3.99. The average Bonchev–Trinajstić information content (AvgIpc) is 3.18. The largest absolute Gasteiger partial charge is 0.356 e. The lowest BCUT2D eigenvalue weighted by atomic mass is 10.1. The van der Waals surface area contributed by atoms with Crippen molar-refractivity contribution >= 4 is 23.5 Å². The summed E-state index contributed by atoms with van der Waals surface area (Å²) < 4.78 is 2.02. The molecule has 0 aliphatic carbocycles. The van der Waals surface area contributed by atoms with E-state index in [-0.39, 0.29) is 11.7 Å². The van der Waals surface area contributed by atoms with Gasteiger partial charge in [0.15, 0.2) is 5.16 Å². The van der Waals surface area contributed by atoms with Gasteiger partial charge in [0, 0.05) is 31.4 Å². The molecular weight excluding hydrogens is 420 g/mol. The summed E-state index contributed by atoms with van der Waals surface area (Å²) in [5, 5.41) is 12.3. The summed E-state index contributed by atoms with van der Waals surface area (Å²) in [6.07, 6.45) is 5.49. The minimum absolute atomic E-state index is 0.0309. The Kier molecular flexibility index (Phi) is 7.09. The number of hydrogen-bond donors (Lipinski definition) is 1. The van der Waals surface area contributed by atoms with Gasteiger partial charge in [0.1, 0.15) is 11.6 Å². The number of carbonyl (C=O) groups excluding carboxylic acids is 1. The van der Waals surface area contributed by atoms with Crippen molar-refractivity contribution in [2.75, 3.05) is 23.7 Å². The molecule has 1 N–H and O–H groups in total. The second-order valence-corrected chi connectivity index (χ2v) is 9.20. The van der Waals surface area contributed by atoms with Crippen LogP contribution in [0.5, 0.6) is 0 Å². The van der Waals surface area contributed by atoms with Gasteiger partial charge in [0.05, 0.1) is 11.4 Å². The van der Waals surface area contributed by atoms with Crippen LogP contribution in [-0.4, -0.2) is 44.5 Å². The van der Waals surface area contributed by atoms with E-state index in [1.807, 2.05) is 29.8 Å². The normalized spacial score (nSPS) is 13.9. The highest BCUT2D eigenvalue weighted by atomic mass is 32.2. The molecule has 0 atom stereocenters. The molecule has 0 saturated carbocycles. The summed E-state index contributed by atoms with van der Waals surface area (Å²) in [6, 6.07) is 10.3. The zero-order valence-electron chi connectivity index (χ0n) is 19.0. The lowest BCUT2D eigenvalue weighted by Crippen LogP contribution is -2.32. The SMILES string of the molecule is Cc1ccc(C)c(-n2c(C)nnc2SCC(=O)NCc2cccnc2N2CCCCC2)c1. The number of aromatic nitrogens is 4. The number of anilines is 1. The van der Waals surface area contributed by atoms with Crippen molar-refractivity contribution in [2.45, 2.75) is 51.7 Å². The first-order valence-electron chi connectivity index (χ1n) is 11.1. The molecule has 0 bridgehead atoms. The molecule has 3 aromatic rings.